The fraction of sp³-hybridized carbons (Fsp3) is 0.375. The molecule has 1 fully saturated rings. The average Bonchev–Trinajstić information content (AvgIpc) is 3.10. The third-order valence-electron chi connectivity index (χ3n) is 5.62. The number of nitrogens with one attached hydrogen (secondary N) is 2. The van der Waals surface area contributed by atoms with Gasteiger partial charge in [0.05, 0.1) is 0 Å². The Morgan fingerprint density at radius 3 is 2.52 bits per heavy atom. The lowest BCUT2D eigenvalue weighted by Gasteiger charge is -2.27. The van der Waals surface area contributed by atoms with Gasteiger partial charge in [0.1, 0.15) is 6.04 Å². The molecule has 0 saturated carbocycles. The van der Waals surface area contributed by atoms with Crippen LogP contribution in [0, 0.1) is 17.6 Å². The van der Waals surface area contributed by atoms with Crippen LogP contribution in [0.2, 0.25) is 5.02 Å². The minimum absolute atomic E-state index is 0.0415. The number of rotatable bonds is 8. The first-order valence-corrected chi connectivity index (χ1v) is 11.1. The molecular weight excluding hydrogens is 452 g/mol. The molecule has 0 bridgehead atoms. The first-order chi connectivity index (χ1) is 15.7. The van der Waals surface area contributed by atoms with E-state index >= 15 is 0 Å². The van der Waals surface area contributed by atoms with Gasteiger partial charge in [-0.05, 0) is 42.7 Å². The number of amides is 3. The number of anilines is 1. The van der Waals surface area contributed by atoms with Gasteiger partial charge in [0.15, 0.2) is 11.6 Å². The summed E-state index contributed by atoms with van der Waals surface area (Å²) in [6.45, 7) is 3.50. The highest BCUT2D eigenvalue weighted by Crippen LogP contribution is 2.25. The van der Waals surface area contributed by atoms with Gasteiger partial charge in [0, 0.05) is 41.7 Å². The Morgan fingerprint density at radius 2 is 1.85 bits per heavy atom. The molecule has 1 heterocycles. The Balaban J connectivity index is 1.64. The molecule has 3 amide bonds. The number of likely N-dealkylation sites (tertiary alicyclic amines) is 1. The maximum Gasteiger partial charge on any atom is 0.247 e. The Bertz CT molecular complexity index is 1030. The zero-order valence-corrected chi connectivity index (χ0v) is 19.2. The molecule has 3 rings (SSSR count). The van der Waals surface area contributed by atoms with Crippen LogP contribution in [0.5, 0.6) is 0 Å². The molecule has 1 saturated heterocycles. The van der Waals surface area contributed by atoms with E-state index < -0.39 is 29.6 Å². The maximum absolute atomic E-state index is 14.1. The Labute approximate surface area is 196 Å². The SMILES string of the molecule is CC(C)C(NC(=O)CC1CCC(=O)N1Cc1cccc(F)c1F)C(=O)Nc1ccc(Cl)cc1. The van der Waals surface area contributed by atoms with E-state index in [1.807, 2.05) is 13.8 Å². The van der Waals surface area contributed by atoms with Crippen molar-refractivity contribution in [2.75, 3.05) is 5.32 Å². The minimum Gasteiger partial charge on any atom is -0.344 e. The van der Waals surface area contributed by atoms with Crippen molar-refractivity contribution in [3.05, 3.63) is 64.7 Å². The van der Waals surface area contributed by atoms with Gasteiger partial charge >= 0.3 is 0 Å². The quantitative estimate of drug-likeness (QED) is 0.595. The summed E-state index contributed by atoms with van der Waals surface area (Å²) in [4.78, 5) is 39.2. The van der Waals surface area contributed by atoms with E-state index in [0.29, 0.717) is 17.1 Å². The molecule has 176 valence electrons. The predicted octanol–water partition coefficient (Wildman–Crippen LogP) is 4.28. The van der Waals surface area contributed by atoms with Gasteiger partial charge in [-0.2, -0.15) is 0 Å². The van der Waals surface area contributed by atoms with Crippen LogP contribution in [0.1, 0.15) is 38.7 Å². The molecular formula is C24H26ClF2N3O3. The molecule has 1 aliphatic heterocycles. The van der Waals surface area contributed by atoms with Crippen LogP contribution >= 0.6 is 11.6 Å². The van der Waals surface area contributed by atoms with Crippen molar-refractivity contribution in [3.63, 3.8) is 0 Å². The molecule has 0 aliphatic carbocycles. The number of halogens is 3. The maximum atomic E-state index is 14.1. The molecule has 2 atom stereocenters. The smallest absolute Gasteiger partial charge is 0.247 e. The number of hydrogen-bond acceptors (Lipinski definition) is 3. The van der Waals surface area contributed by atoms with E-state index in [9.17, 15) is 23.2 Å². The Kier molecular flexibility index (Phi) is 8.02. The largest absolute Gasteiger partial charge is 0.344 e. The summed E-state index contributed by atoms with van der Waals surface area (Å²) in [5, 5.41) is 6.04. The monoisotopic (exact) mass is 477 g/mol. The highest BCUT2D eigenvalue weighted by Gasteiger charge is 2.34. The van der Waals surface area contributed by atoms with Gasteiger partial charge < -0.3 is 15.5 Å². The number of carbonyl (C=O) groups is 3. The van der Waals surface area contributed by atoms with E-state index in [-0.39, 0.29) is 42.7 Å². The summed E-state index contributed by atoms with van der Waals surface area (Å²) in [5.74, 6) is -3.17. The van der Waals surface area contributed by atoms with Crippen molar-refractivity contribution in [2.45, 2.75) is 51.7 Å². The topological polar surface area (TPSA) is 78.5 Å². The van der Waals surface area contributed by atoms with E-state index in [1.54, 1.807) is 24.3 Å². The van der Waals surface area contributed by atoms with Crippen LogP contribution < -0.4 is 10.6 Å². The number of nitrogens with zero attached hydrogens (tertiary/aromatic N) is 1. The van der Waals surface area contributed by atoms with E-state index in [2.05, 4.69) is 10.6 Å². The van der Waals surface area contributed by atoms with Crippen molar-refractivity contribution in [1.82, 2.24) is 10.2 Å². The molecule has 6 nitrogen and oxygen atoms in total. The molecule has 2 unspecified atom stereocenters. The van der Waals surface area contributed by atoms with Crippen LogP contribution in [-0.4, -0.2) is 34.7 Å². The molecule has 1 aliphatic rings. The van der Waals surface area contributed by atoms with Crippen molar-refractivity contribution in [3.8, 4) is 0 Å². The second-order valence-corrected chi connectivity index (χ2v) is 8.85. The van der Waals surface area contributed by atoms with E-state index in [4.69, 9.17) is 11.6 Å². The van der Waals surface area contributed by atoms with Crippen molar-refractivity contribution in [1.29, 1.82) is 0 Å². The predicted molar refractivity (Wildman–Crippen MR) is 121 cm³/mol. The zero-order valence-electron chi connectivity index (χ0n) is 18.4. The summed E-state index contributed by atoms with van der Waals surface area (Å²) in [5.41, 5.74) is 0.604. The fourth-order valence-corrected chi connectivity index (χ4v) is 3.94. The first kappa shape index (κ1) is 24.6. The van der Waals surface area contributed by atoms with Crippen molar-refractivity contribution in [2.24, 2.45) is 5.92 Å². The number of benzene rings is 2. The lowest BCUT2D eigenvalue weighted by Crippen LogP contribution is -2.48. The van der Waals surface area contributed by atoms with Gasteiger partial charge in [-0.1, -0.05) is 37.6 Å². The summed E-state index contributed by atoms with van der Waals surface area (Å²) in [7, 11) is 0. The molecule has 0 radical (unpaired) electrons. The molecule has 9 heteroatoms. The Morgan fingerprint density at radius 1 is 1.15 bits per heavy atom. The lowest BCUT2D eigenvalue weighted by atomic mass is 10.0. The third kappa shape index (κ3) is 6.28. The highest BCUT2D eigenvalue weighted by molar-refractivity contribution is 6.30. The Hall–Kier alpha value is -3.00. The molecule has 0 spiro atoms. The summed E-state index contributed by atoms with van der Waals surface area (Å²) in [6.07, 6.45) is 0.603. The van der Waals surface area contributed by atoms with E-state index in [0.717, 1.165) is 6.07 Å². The van der Waals surface area contributed by atoms with Crippen LogP contribution in [-0.2, 0) is 20.9 Å². The molecule has 2 N–H and O–H groups in total. The van der Waals surface area contributed by atoms with Gasteiger partial charge in [0.25, 0.3) is 0 Å². The summed E-state index contributed by atoms with van der Waals surface area (Å²) >= 11 is 5.86. The normalized spacial score (nSPS) is 16.7. The first-order valence-electron chi connectivity index (χ1n) is 10.7. The second-order valence-electron chi connectivity index (χ2n) is 8.42. The fourth-order valence-electron chi connectivity index (χ4n) is 3.81. The molecule has 33 heavy (non-hydrogen) atoms. The van der Waals surface area contributed by atoms with Crippen LogP contribution in [0.25, 0.3) is 0 Å². The minimum atomic E-state index is -1.00. The third-order valence-corrected chi connectivity index (χ3v) is 5.88. The zero-order chi connectivity index (χ0) is 24.1. The van der Waals surface area contributed by atoms with Crippen molar-refractivity contribution >= 4 is 35.0 Å². The molecule has 0 aromatic heterocycles. The summed E-state index contributed by atoms with van der Waals surface area (Å²) < 4.78 is 27.6. The summed E-state index contributed by atoms with van der Waals surface area (Å²) in [6, 6.07) is 9.16. The van der Waals surface area contributed by atoms with Gasteiger partial charge in [-0.25, -0.2) is 8.78 Å². The average molecular weight is 478 g/mol. The van der Waals surface area contributed by atoms with Gasteiger partial charge in [-0.3, -0.25) is 14.4 Å². The van der Waals surface area contributed by atoms with E-state index in [1.165, 1.54) is 17.0 Å². The van der Waals surface area contributed by atoms with Crippen molar-refractivity contribution < 1.29 is 23.2 Å². The second kappa shape index (κ2) is 10.7. The van der Waals surface area contributed by atoms with Crippen LogP contribution in [0.4, 0.5) is 14.5 Å². The molecule has 2 aromatic carbocycles. The highest BCUT2D eigenvalue weighted by atomic mass is 35.5. The van der Waals surface area contributed by atoms with Crippen LogP contribution in [0.3, 0.4) is 0 Å². The van der Waals surface area contributed by atoms with Crippen LogP contribution in [0.15, 0.2) is 42.5 Å². The number of hydrogen-bond donors (Lipinski definition) is 2. The number of carbonyl (C=O) groups excluding carboxylic acids is 3. The van der Waals surface area contributed by atoms with Gasteiger partial charge in [0.2, 0.25) is 17.7 Å². The molecule has 2 aromatic rings. The van der Waals surface area contributed by atoms with Gasteiger partial charge in [-0.15, -0.1) is 0 Å². The lowest BCUT2D eigenvalue weighted by molar-refractivity contribution is -0.131. The standard InChI is InChI=1S/C24H26ClF2N3O3/c1-14(2)23(24(33)28-17-8-6-16(25)7-9-17)29-20(31)12-18-10-11-21(32)30(18)13-15-4-3-5-19(26)22(15)27/h3-9,14,18,23H,10-13H2,1-2H3,(H,28,33)(H,29,31).